The Hall–Kier alpha value is -1.82. The fraction of sp³-hybridized carbons (Fsp3) is 0.891. The SMILES string of the molecule is CCCCCCCC/C=C/CCCCCCCCCCCCCC(=O)O[C@H](COC(=O)CCCCCCCCCCC/C=C/CCCCCCCC)CO[C@@H]1O[C@H](CO)[C@H](O)C(O)C1O. The molecular weight excluding hydrogens is 821 g/mol. The number of carbonyl (C=O) groups excluding carboxylic acids is 2. The summed E-state index contributed by atoms with van der Waals surface area (Å²) < 4.78 is 22.3. The predicted molar refractivity (Wildman–Crippen MR) is 266 cm³/mol. The first-order chi connectivity index (χ1) is 31.8. The number of rotatable bonds is 47. The van der Waals surface area contributed by atoms with Crippen LogP contribution in [0.3, 0.4) is 0 Å². The smallest absolute Gasteiger partial charge is 0.306 e. The molecule has 10 heteroatoms. The highest BCUT2D eigenvalue weighted by atomic mass is 16.7. The van der Waals surface area contributed by atoms with E-state index < -0.39 is 49.4 Å². The molecule has 2 unspecified atom stereocenters. The minimum Gasteiger partial charge on any atom is -0.462 e. The summed E-state index contributed by atoms with van der Waals surface area (Å²) in [6.07, 6.45) is 46.1. The van der Waals surface area contributed by atoms with E-state index >= 15 is 0 Å². The molecule has 10 nitrogen and oxygen atoms in total. The lowest BCUT2D eigenvalue weighted by Crippen LogP contribution is -2.59. The van der Waals surface area contributed by atoms with Gasteiger partial charge in [0.05, 0.1) is 13.2 Å². The molecule has 0 aromatic heterocycles. The summed E-state index contributed by atoms with van der Waals surface area (Å²) >= 11 is 0. The molecule has 1 rings (SSSR count). The van der Waals surface area contributed by atoms with Crippen LogP contribution in [0.25, 0.3) is 0 Å². The normalized spacial score (nSPS) is 19.4. The molecule has 0 aromatic carbocycles. The monoisotopic (exact) mass is 923 g/mol. The van der Waals surface area contributed by atoms with Crippen molar-refractivity contribution < 1.29 is 49.0 Å². The molecule has 0 radical (unpaired) electrons. The van der Waals surface area contributed by atoms with E-state index in [0.717, 1.165) is 38.5 Å². The van der Waals surface area contributed by atoms with Gasteiger partial charge in [-0.2, -0.15) is 0 Å². The van der Waals surface area contributed by atoms with Gasteiger partial charge in [0.2, 0.25) is 0 Å². The molecule has 1 fully saturated rings. The molecule has 0 aliphatic carbocycles. The third-order valence-corrected chi connectivity index (χ3v) is 12.8. The molecule has 0 bridgehead atoms. The first-order valence-electron chi connectivity index (χ1n) is 27.4. The summed E-state index contributed by atoms with van der Waals surface area (Å²) in [5.74, 6) is -0.797. The second-order valence-corrected chi connectivity index (χ2v) is 19.0. The fourth-order valence-electron chi connectivity index (χ4n) is 8.47. The highest BCUT2D eigenvalue weighted by Crippen LogP contribution is 2.23. The quantitative estimate of drug-likeness (QED) is 0.0264. The maximum absolute atomic E-state index is 12.9. The topological polar surface area (TPSA) is 152 Å². The zero-order chi connectivity index (χ0) is 47.3. The number of esters is 2. The van der Waals surface area contributed by atoms with Crippen LogP contribution in [0.1, 0.15) is 258 Å². The predicted octanol–water partition coefficient (Wildman–Crippen LogP) is 13.2. The van der Waals surface area contributed by atoms with E-state index in [2.05, 4.69) is 38.2 Å². The Kier molecular flexibility index (Phi) is 43.2. The Morgan fingerprint density at radius 2 is 0.815 bits per heavy atom. The Bertz CT molecular complexity index is 1110. The average molecular weight is 923 g/mol. The zero-order valence-corrected chi connectivity index (χ0v) is 42.0. The van der Waals surface area contributed by atoms with Gasteiger partial charge in [0.25, 0.3) is 0 Å². The van der Waals surface area contributed by atoms with Crippen LogP contribution in [-0.2, 0) is 28.5 Å². The van der Waals surface area contributed by atoms with Gasteiger partial charge in [-0.1, -0.05) is 205 Å². The van der Waals surface area contributed by atoms with Crippen molar-refractivity contribution in [3.05, 3.63) is 24.3 Å². The molecule has 4 N–H and O–H groups in total. The Morgan fingerprint density at radius 3 is 1.20 bits per heavy atom. The van der Waals surface area contributed by atoms with Crippen molar-refractivity contribution in [2.45, 2.75) is 295 Å². The largest absolute Gasteiger partial charge is 0.462 e. The molecular formula is C55H102O10. The van der Waals surface area contributed by atoms with E-state index in [4.69, 9.17) is 18.9 Å². The molecule has 0 saturated carbocycles. The van der Waals surface area contributed by atoms with Gasteiger partial charge < -0.3 is 39.4 Å². The van der Waals surface area contributed by atoms with Gasteiger partial charge in [-0.25, -0.2) is 0 Å². The molecule has 1 aliphatic rings. The average Bonchev–Trinajstić information content (AvgIpc) is 3.30. The number of aliphatic hydroxyl groups is 4. The molecule has 382 valence electrons. The Balaban J connectivity index is 2.23. The van der Waals surface area contributed by atoms with Crippen molar-refractivity contribution in [1.29, 1.82) is 0 Å². The number of unbranched alkanes of at least 4 members (excludes halogenated alkanes) is 32. The van der Waals surface area contributed by atoms with E-state index in [1.165, 1.54) is 186 Å². The van der Waals surface area contributed by atoms with Gasteiger partial charge in [-0.15, -0.1) is 0 Å². The molecule has 1 heterocycles. The van der Waals surface area contributed by atoms with Crippen LogP contribution in [0.4, 0.5) is 0 Å². The summed E-state index contributed by atoms with van der Waals surface area (Å²) in [4.78, 5) is 25.5. The van der Waals surface area contributed by atoms with Gasteiger partial charge in [0.1, 0.15) is 31.0 Å². The van der Waals surface area contributed by atoms with Gasteiger partial charge in [-0.3, -0.25) is 9.59 Å². The van der Waals surface area contributed by atoms with Crippen molar-refractivity contribution in [3.63, 3.8) is 0 Å². The summed E-state index contributed by atoms with van der Waals surface area (Å²) in [5.41, 5.74) is 0. The Labute approximate surface area is 398 Å². The third-order valence-electron chi connectivity index (χ3n) is 12.8. The highest BCUT2D eigenvalue weighted by molar-refractivity contribution is 5.70. The summed E-state index contributed by atoms with van der Waals surface area (Å²) in [5, 5.41) is 40.3. The van der Waals surface area contributed by atoms with Crippen LogP contribution in [0.15, 0.2) is 24.3 Å². The summed E-state index contributed by atoms with van der Waals surface area (Å²) in [6, 6.07) is 0. The standard InChI is InChI=1S/C55H102O10/c1-3-5-7-9-11-13-15-17-19-21-23-24-26-28-30-32-34-36-38-40-42-44-51(58)64-48(47-63-55-54(61)53(60)52(59)49(45-56)65-55)46-62-50(57)43-41-39-37-35-33-31-29-27-25-22-20-18-16-14-12-10-8-6-4-2/h17-20,48-49,52-56,59-61H,3-16,21-47H2,1-2H3/b19-17+,20-18+/t48-,49-,52+,53?,54?,55-/m1/s1. The van der Waals surface area contributed by atoms with E-state index in [0.29, 0.717) is 6.42 Å². The van der Waals surface area contributed by atoms with E-state index in [1.807, 2.05) is 0 Å². The minimum atomic E-state index is -1.59. The first kappa shape index (κ1) is 61.2. The number of hydrogen-bond donors (Lipinski definition) is 4. The van der Waals surface area contributed by atoms with Crippen molar-refractivity contribution in [1.82, 2.24) is 0 Å². The molecule has 0 spiro atoms. The van der Waals surface area contributed by atoms with Crippen molar-refractivity contribution in [3.8, 4) is 0 Å². The second-order valence-electron chi connectivity index (χ2n) is 19.0. The van der Waals surface area contributed by atoms with Crippen molar-refractivity contribution >= 4 is 11.9 Å². The maximum atomic E-state index is 12.9. The van der Waals surface area contributed by atoms with Crippen LogP contribution in [-0.4, -0.2) is 89.0 Å². The Morgan fingerprint density at radius 1 is 0.462 bits per heavy atom. The molecule has 65 heavy (non-hydrogen) atoms. The van der Waals surface area contributed by atoms with Gasteiger partial charge in [0, 0.05) is 12.8 Å². The molecule has 1 aliphatic heterocycles. The molecule has 1 saturated heterocycles. The van der Waals surface area contributed by atoms with Crippen LogP contribution < -0.4 is 0 Å². The molecule has 6 atom stereocenters. The van der Waals surface area contributed by atoms with Crippen LogP contribution in [0.2, 0.25) is 0 Å². The first-order valence-corrected chi connectivity index (χ1v) is 27.4. The van der Waals surface area contributed by atoms with Gasteiger partial charge in [0.15, 0.2) is 12.4 Å². The van der Waals surface area contributed by atoms with Crippen LogP contribution in [0, 0.1) is 0 Å². The summed E-state index contributed by atoms with van der Waals surface area (Å²) in [7, 11) is 0. The number of allylic oxidation sites excluding steroid dienone is 4. The number of aliphatic hydroxyl groups excluding tert-OH is 4. The van der Waals surface area contributed by atoms with Gasteiger partial charge >= 0.3 is 11.9 Å². The number of hydrogen-bond acceptors (Lipinski definition) is 10. The van der Waals surface area contributed by atoms with E-state index in [9.17, 15) is 30.0 Å². The molecule has 0 amide bonds. The van der Waals surface area contributed by atoms with Crippen molar-refractivity contribution in [2.24, 2.45) is 0 Å². The zero-order valence-electron chi connectivity index (χ0n) is 42.0. The highest BCUT2D eigenvalue weighted by Gasteiger charge is 2.44. The second kappa shape index (κ2) is 45.9. The van der Waals surface area contributed by atoms with Gasteiger partial charge in [-0.05, 0) is 64.2 Å². The molecule has 0 aromatic rings. The van der Waals surface area contributed by atoms with Crippen LogP contribution in [0.5, 0.6) is 0 Å². The van der Waals surface area contributed by atoms with Crippen molar-refractivity contribution in [2.75, 3.05) is 19.8 Å². The summed E-state index contributed by atoms with van der Waals surface area (Å²) in [6.45, 7) is 3.46. The third kappa shape index (κ3) is 36.8. The minimum absolute atomic E-state index is 0.215. The lowest BCUT2D eigenvalue weighted by molar-refractivity contribution is -0.305. The number of ether oxygens (including phenoxy) is 4. The number of carbonyl (C=O) groups is 2. The maximum Gasteiger partial charge on any atom is 0.306 e. The lowest BCUT2D eigenvalue weighted by atomic mass is 9.99. The van der Waals surface area contributed by atoms with Crippen LogP contribution >= 0.6 is 0 Å². The lowest BCUT2D eigenvalue weighted by Gasteiger charge is -2.39. The fourth-order valence-corrected chi connectivity index (χ4v) is 8.47. The van der Waals surface area contributed by atoms with E-state index in [-0.39, 0.29) is 32.0 Å². The van der Waals surface area contributed by atoms with E-state index in [1.54, 1.807) is 0 Å².